The zero-order valence-corrected chi connectivity index (χ0v) is 15.5. The van der Waals surface area contributed by atoms with Gasteiger partial charge in [-0.2, -0.15) is 0 Å². The van der Waals surface area contributed by atoms with Crippen LogP contribution in [0, 0.1) is 24.0 Å². The number of hydrogen-bond donors (Lipinski definition) is 0. The highest BCUT2D eigenvalue weighted by molar-refractivity contribution is 8.13. The molecule has 1 amide bonds. The third-order valence-electron chi connectivity index (χ3n) is 4.15. The van der Waals surface area contributed by atoms with Crippen molar-refractivity contribution in [3.05, 3.63) is 74.8 Å². The largest absolute Gasteiger partial charge is 0.286 e. The molecule has 134 valence electrons. The van der Waals surface area contributed by atoms with Gasteiger partial charge in [0.05, 0.1) is 11.5 Å². The Morgan fingerprint density at radius 1 is 1.27 bits per heavy atom. The normalized spacial score (nSPS) is 13.6. The Morgan fingerprint density at radius 3 is 2.81 bits per heavy atom. The van der Waals surface area contributed by atoms with Gasteiger partial charge in [0.15, 0.2) is 5.17 Å². The maximum Gasteiger partial charge on any atom is 0.273 e. The van der Waals surface area contributed by atoms with Crippen LogP contribution in [0.15, 0.2) is 47.5 Å². The Labute approximate surface area is 156 Å². The first-order chi connectivity index (χ1) is 12.5. The molecule has 0 bridgehead atoms. The maximum absolute atomic E-state index is 12.8. The molecule has 0 aliphatic carbocycles. The summed E-state index contributed by atoms with van der Waals surface area (Å²) in [6.07, 6.45) is 0. The maximum atomic E-state index is 12.8. The summed E-state index contributed by atoms with van der Waals surface area (Å²) in [7, 11) is 0. The van der Waals surface area contributed by atoms with Crippen LogP contribution in [0.5, 0.6) is 0 Å². The fourth-order valence-corrected chi connectivity index (χ4v) is 3.77. The molecule has 1 aliphatic rings. The van der Waals surface area contributed by atoms with Gasteiger partial charge in [-0.1, -0.05) is 47.7 Å². The lowest BCUT2D eigenvalue weighted by molar-refractivity contribution is -0.385. The third kappa shape index (κ3) is 3.94. The number of nitro benzene ring substituents is 1. The Kier molecular flexibility index (Phi) is 5.37. The zero-order chi connectivity index (χ0) is 18.7. The molecule has 0 saturated heterocycles. The third-order valence-corrected chi connectivity index (χ3v) is 5.24. The van der Waals surface area contributed by atoms with Crippen molar-refractivity contribution in [2.24, 2.45) is 4.99 Å². The number of thioether (sulfide) groups is 1. The lowest BCUT2D eigenvalue weighted by atomic mass is 10.1. The van der Waals surface area contributed by atoms with E-state index >= 15 is 0 Å². The van der Waals surface area contributed by atoms with E-state index in [9.17, 15) is 14.9 Å². The van der Waals surface area contributed by atoms with Gasteiger partial charge in [0.25, 0.3) is 11.6 Å². The molecule has 26 heavy (non-hydrogen) atoms. The first-order valence-electron chi connectivity index (χ1n) is 8.25. The average Bonchev–Trinajstić information content (AvgIpc) is 3.08. The topological polar surface area (TPSA) is 75.8 Å². The fourth-order valence-electron chi connectivity index (χ4n) is 2.78. The van der Waals surface area contributed by atoms with Gasteiger partial charge in [0, 0.05) is 29.5 Å². The molecule has 6 nitrogen and oxygen atoms in total. The van der Waals surface area contributed by atoms with Gasteiger partial charge in [0.1, 0.15) is 0 Å². The number of rotatable bonds is 4. The number of benzene rings is 2. The SMILES string of the molecule is Cc1cccc(CSC2=NCCN2C(=O)c2ccc(C)c([N+](=O)[O-])c2)c1. The summed E-state index contributed by atoms with van der Waals surface area (Å²) in [5.41, 5.74) is 3.17. The number of carbonyl (C=O) groups is 1. The Bertz CT molecular complexity index is 895. The highest BCUT2D eigenvalue weighted by atomic mass is 32.2. The van der Waals surface area contributed by atoms with E-state index in [0.717, 1.165) is 5.75 Å². The minimum absolute atomic E-state index is 0.0408. The van der Waals surface area contributed by atoms with Crippen LogP contribution in [0.1, 0.15) is 27.0 Å². The van der Waals surface area contributed by atoms with Crippen molar-refractivity contribution in [2.75, 3.05) is 13.1 Å². The van der Waals surface area contributed by atoms with Crippen LogP contribution >= 0.6 is 11.8 Å². The highest BCUT2D eigenvalue weighted by Crippen LogP contribution is 2.24. The summed E-state index contributed by atoms with van der Waals surface area (Å²) in [5.74, 6) is 0.472. The van der Waals surface area contributed by atoms with Crippen LogP contribution in [0.3, 0.4) is 0 Å². The number of amidine groups is 1. The number of nitro groups is 1. The Hall–Kier alpha value is -2.67. The summed E-state index contributed by atoms with van der Waals surface area (Å²) in [6.45, 7) is 4.75. The van der Waals surface area contributed by atoms with Crippen LogP contribution in [0.4, 0.5) is 5.69 Å². The smallest absolute Gasteiger partial charge is 0.273 e. The van der Waals surface area contributed by atoms with Crippen molar-refractivity contribution in [3.8, 4) is 0 Å². The average molecular weight is 369 g/mol. The number of aryl methyl sites for hydroxylation is 2. The molecule has 0 atom stereocenters. The molecular weight excluding hydrogens is 350 g/mol. The summed E-state index contributed by atoms with van der Waals surface area (Å²) in [4.78, 5) is 29.5. The van der Waals surface area contributed by atoms with Crippen molar-refractivity contribution >= 4 is 28.5 Å². The molecule has 0 unspecified atom stereocenters. The van der Waals surface area contributed by atoms with Gasteiger partial charge < -0.3 is 0 Å². The second kappa shape index (κ2) is 7.70. The molecule has 0 saturated carbocycles. The van der Waals surface area contributed by atoms with Crippen molar-refractivity contribution in [2.45, 2.75) is 19.6 Å². The Morgan fingerprint density at radius 2 is 2.08 bits per heavy atom. The Balaban J connectivity index is 1.74. The zero-order valence-electron chi connectivity index (χ0n) is 14.6. The molecule has 2 aromatic carbocycles. The molecule has 0 radical (unpaired) electrons. The molecule has 0 spiro atoms. The second-order valence-corrected chi connectivity index (χ2v) is 7.10. The fraction of sp³-hybridized carbons (Fsp3) is 0.263. The number of amides is 1. The molecule has 0 aromatic heterocycles. The van der Waals surface area contributed by atoms with Crippen molar-refractivity contribution in [3.63, 3.8) is 0 Å². The summed E-state index contributed by atoms with van der Waals surface area (Å²) < 4.78 is 0. The molecule has 1 heterocycles. The lowest BCUT2D eigenvalue weighted by Gasteiger charge is -2.18. The van der Waals surface area contributed by atoms with Crippen molar-refractivity contribution in [1.29, 1.82) is 0 Å². The van der Waals surface area contributed by atoms with Gasteiger partial charge in [-0.3, -0.25) is 24.8 Å². The van der Waals surface area contributed by atoms with E-state index < -0.39 is 4.92 Å². The van der Waals surface area contributed by atoms with E-state index in [-0.39, 0.29) is 11.6 Å². The number of hydrogen-bond acceptors (Lipinski definition) is 5. The van der Waals surface area contributed by atoms with E-state index in [2.05, 4.69) is 11.1 Å². The minimum Gasteiger partial charge on any atom is -0.286 e. The van der Waals surface area contributed by atoms with E-state index in [0.29, 0.717) is 29.4 Å². The van der Waals surface area contributed by atoms with E-state index in [4.69, 9.17) is 0 Å². The quantitative estimate of drug-likeness (QED) is 0.604. The van der Waals surface area contributed by atoms with Crippen molar-refractivity contribution in [1.82, 2.24) is 4.90 Å². The van der Waals surface area contributed by atoms with Crippen LogP contribution in [-0.4, -0.2) is 34.0 Å². The van der Waals surface area contributed by atoms with Gasteiger partial charge in [-0.15, -0.1) is 0 Å². The summed E-state index contributed by atoms with van der Waals surface area (Å²) >= 11 is 1.51. The van der Waals surface area contributed by atoms with Crippen molar-refractivity contribution < 1.29 is 9.72 Å². The standard InChI is InChI=1S/C19H19N3O3S/c1-13-4-3-5-15(10-13)12-26-19-20-8-9-21(19)18(23)16-7-6-14(2)17(11-16)22(24)25/h3-7,10-11H,8-9,12H2,1-2H3. The minimum atomic E-state index is -0.461. The van der Waals surface area contributed by atoms with Crippen LogP contribution in [-0.2, 0) is 5.75 Å². The van der Waals surface area contributed by atoms with Crippen LogP contribution in [0.25, 0.3) is 0 Å². The van der Waals surface area contributed by atoms with Crippen LogP contribution < -0.4 is 0 Å². The van der Waals surface area contributed by atoms with Gasteiger partial charge in [-0.05, 0) is 25.5 Å². The van der Waals surface area contributed by atoms with Crippen LogP contribution in [0.2, 0.25) is 0 Å². The van der Waals surface area contributed by atoms with E-state index in [1.54, 1.807) is 24.0 Å². The molecular formula is C19H19N3O3S. The number of carbonyl (C=O) groups excluding carboxylic acids is 1. The predicted molar refractivity (Wildman–Crippen MR) is 104 cm³/mol. The second-order valence-electron chi connectivity index (χ2n) is 6.16. The van der Waals surface area contributed by atoms with Gasteiger partial charge in [0.2, 0.25) is 0 Å². The summed E-state index contributed by atoms with van der Waals surface area (Å²) in [6, 6.07) is 12.8. The van der Waals surface area contributed by atoms with E-state index in [1.165, 1.54) is 29.0 Å². The first kappa shape index (κ1) is 18.1. The first-order valence-corrected chi connectivity index (χ1v) is 9.24. The molecule has 2 aromatic rings. The van der Waals surface area contributed by atoms with Gasteiger partial charge in [-0.25, -0.2) is 0 Å². The molecule has 1 aliphatic heterocycles. The predicted octanol–water partition coefficient (Wildman–Crippen LogP) is 3.96. The molecule has 0 fully saturated rings. The number of nitrogens with zero attached hydrogens (tertiary/aromatic N) is 3. The van der Waals surface area contributed by atoms with Gasteiger partial charge >= 0.3 is 0 Å². The van der Waals surface area contributed by atoms with E-state index in [1.807, 2.05) is 25.1 Å². The molecule has 7 heteroatoms. The monoisotopic (exact) mass is 369 g/mol. The highest BCUT2D eigenvalue weighted by Gasteiger charge is 2.26. The lowest BCUT2D eigenvalue weighted by Crippen LogP contribution is -2.32. The summed E-state index contributed by atoms with van der Waals surface area (Å²) in [5, 5.41) is 11.8. The number of aliphatic imine (C=N–C) groups is 1. The molecule has 0 N–H and O–H groups in total. The molecule has 3 rings (SSSR count).